The first-order chi connectivity index (χ1) is 16.4. The Bertz CT molecular complexity index is 1570. The van der Waals surface area contributed by atoms with Gasteiger partial charge in [-0.05, 0) is 39.6 Å². The summed E-state index contributed by atoms with van der Waals surface area (Å²) in [6, 6.07) is 47.3. The van der Waals surface area contributed by atoms with E-state index in [0.717, 1.165) is 11.4 Å². The molecular formula is C32H23NNa. The third-order valence-corrected chi connectivity index (χ3v) is 6.25. The molecule has 6 aromatic rings. The van der Waals surface area contributed by atoms with Crippen molar-refractivity contribution in [2.75, 3.05) is 5.32 Å². The maximum absolute atomic E-state index is 3.87. The van der Waals surface area contributed by atoms with Crippen LogP contribution in [0.2, 0.25) is 0 Å². The van der Waals surface area contributed by atoms with Crippen LogP contribution in [0.25, 0.3) is 43.8 Å². The van der Waals surface area contributed by atoms with E-state index < -0.39 is 0 Å². The van der Waals surface area contributed by atoms with Crippen molar-refractivity contribution < 1.29 is 0 Å². The van der Waals surface area contributed by atoms with Crippen LogP contribution in [0.4, 0.5) is 11.4 Å². The van der Waals surface area contributed by atoms with Crippen molar-refractivity contribution in [3.8, 4) is 22.3 Å². The van der Waals surface area contributed by atoms with Gasteiger partial charge >= 0.3 is 0 Å². The Kier molecular flexibility index (Phi) is 6.51. The predicted molar refractivity (Wildman–Crippen MR) is 148 cm³/mol. The first-order valence-corrected chi connectivity index (χ1v) is 11.3. The molecule has 0 spiro atoms. The number of fused-ring (bicyclic) bond motifs is 2. The molecule has 0 heterocycles. The van der Waals surface area contributed by atoms with Gasteiger partial charge in [0.15, 0.2) is 0 Å². The summed E-state index contributed by atoms with van der Waals surface area (Å²) >= 11 is 0. The molecule has 0 aliphatic rings. The molecule has 2 heteroatoms. The zero-order valence-corrected chi connectivity index (χ0v) is 21.2. The van der Waals surface area contributed by atoms with Crippen LogP contribution in [0, 0.1) is 0 Å². The Hall–Kier alpha value is -3.36. The molecule has 0 saturated carbocycles. The largest absolute Gasteiger partial charge is 0.354 e. The fourth-order valence-corrected chi connectivity index (χ4v) is 4.70. The van der Waals surface area contributed by atoms with Gasteiger partial charge in [-0.2, -0.15) is 0 Å². The van der Waals surface area contributed by atoms with Crippen molar-refractivity contribution in [1.29, 1.82) is 0 Å². The first-order valence-electron chi connectivity index (χ1n) is 11.3. The summed E-state index contributed by atoms with van der Waals surface area (Å²) in [7, 11) is 0. The molecule has 6 aromatic carbocycles. The van der Waals surface area contributed by atoms with E-state index in [2.05, 4.69) is 139 Å². The van der Waals surface area contributed by atoms with E-state index in [0.29, 0.717) is 0 Å². The molecule has 0 aliphatic carbocycles. The number of benzene rings is 6. The van der Waals surface area contributed by atoms with Crippen molar-refractivity contribution in [1.82, 2.24) is 0 Å². The minimum Gasteiger partial charge on any atom is -0.354 e. The maximum Gasteiger partial charge on any atom is 0.0550 e. The average Bonchev–Trinajstić information content (AvgIpc) is 2.89. The van der Waals surface area contributed by atoms with Crippen molar-refractivity contribution in [2.45, 2.75) is 0 Å². The number of hydrogen-bond donors (Lipinski definition) is 1. The predicted octanol–water partition coefficient (Wildman–Crippen LogP) is 8.69. The van der Waals surface area contributed by atoms with E-state index in [4.69, 9.17) is 0 Å². The van der Waals surface area contributed by atoms with Crippen LogP contribution >= 0.6 is 0 Å². The molecule has 0 saturated heterocycles. The Morgan fingerprint density at radius 3 is 1.74 bits per heavy atom. The van der Waals surface area contributed by atoms with Crippen molar-refractivity contribution >= 4 is 62.5 Å². The zero-order valence-electron chi connectivity index (χ0n) is 19.2. The van der Waals surface area contributed by atoms with Crippen LogP contribution in [-0.4, -0.2) is 29.6 Å². The van der Waals surface area contributed by atoms with Gasteiger partial charge in [0.25, 0.3) is 0 Å². The third kappa shape index (κ3) is 4.15. The second kappa shape index (κ2) is 9.87. The second-order valence-corrected chi connectivity index (χ2v) is 8.28. The topological polar surface area (TPSA) is 12.0 Å². The molecule has 157 valence electrons. The average molecular weight is 445 g/mol. The molecule has 0 amide bonds. The van der Waals surface area contributed by atoms with E-state index in [1.54, 1.807) is 0 Å². The fourth-order valence-electron chi connectivity index (χ4n) is 4.70. The quantitative estimate of drug-likeness (QED) is 0.268. The molecule has 34 heavy (non-hydrogen) atoms. The molecule has 1 N–H and O–H groups in total. The third-order valence-electron chi connectivity index (χ3n) is 6.25. The fraction of sp³-hybridized carbons (Fsp3) is 0. The number of anilines is 2. The summed E-state index contributed by atoms with van der Waals surface area (Å²) in [6.07, 6.45) is 0. The summed E-state index contributed by atoms with van der Waals surface area (Å²) in [5, 5.41) is 8.75. The van der Waals surface area contributed by atoms with Crippen molar-refractivity contribution in [3.05, 3.63) is 133 Å². The Labute approximate surface area is 222 Å². The minimum absolute atomic E-state index is 0. The molecule has 0 fully saturated rings. The van der Waals surface area contributed by atoms with E-state index >= 15 is 0 Å². The van der Waals surface area contributed by atoms with Crippen molar-refractivity contribution in [3.63, 3.8) is 0 Å². The van der Waals surface area contributed by atoms with Gasteiger partial charge in [0, 0.05) is 51.6 Å². The van der Waals surface area contributed by atoms with E-state index in [1.807, 2.05) is 0 Å². The van der Waals surface area contributed by atoms with Crippen LogP contribution < -0.4 is 5.32 Å². The molecule has 1 nitrogen and oxygen atoms in total. The second-order valence-electron chi connectivity index (χ2n) is 8.28. The number of rotatable bonds is 4. The Morgan fingerprint density at radius 2 is 1.00 bits per heavy atom. The molecule has 0 aromatic heterocycles. The standard InChI is InChI=1S/C32H23N.Na/c1-3-12-24(13-4-1)29-22-26-17-8-10-20-28(26)32(31(29)25-15-5-2-6-16-25)33-30-21-11-18-23-14-7-9-19-27(23)30;/h1-22,33H;. The van der Waals surface area contributed by atoms with Gasteiger partial charge in [-0.25, -0.2) is 0 Å². The normalized spacial score (nSPS) is 10.7. The Balaban J connectivity index is 0.00000241. The summed E-state index contributed by atoms with van der Waals surface area (Å²) < 4.78 is 0. The molecular weight excluding hydrogens is 421 g/mol. The van der Waals surface area contributed by atoms with E-state index in [-0.39, 0.29) is 29.6 Å². The number of hydrogen-bond acceptors (Lipinski definition) is 1. The monoisotopic (exact) mass is 444 g/mol. The molecule has 0 aliphatic heterocycles. The van der Waals surface area contributed by atoms with Crippen LogP contribution in [0.5, 0.6) is 0 Å². The Morgan fingerprint density at radius 1 is 0.441 bits per heavy atom. The molecule has 1 radical (unpaired) electrons. The molecule has 0 bridgehead atoms. The summed E-state index contributed by atoms with van der Waals surface area (Å²) in [5.41, 5.74) is 7.10. The molecule has 0 atom stereocenters. The van der Waals surface area contributed by atoms with E-state index in [9.17, 15) is 0 Å². The minimum atomic E-state index is 0. The van der Waals surface area contributed by atoms with Crippen LogP contribution in [-0.2, 0) is 0 Å². The van der Waals surface area contributed by atoms with Gasteiger partial charge in [0.1, 0.15) is 0 Å². The van der Waals surface area contributed by atoms with Gasteiger partial charge in [-0.3, -0.25) is 0 Å². The van der Waals surface area contributed by atoms with Crippen molar-refractivity contribution in [2.24, 2.45) is 0 Å². The summed E-state index contributed by atoms with van der Waals surface area (Å²) in [5.74, 6) is 0. The van der Waals surface area contributed by atoms with Crippen LogP contribution in [0.15, 0.2) is 133 Å². The van der Waals surface area contributed by atoms with Crippen LogP contribution in [0.1, 0.15) is 0 Å². The SMILES string of the molecule is [Na].c1ccc(-c2cc3ccccc3c(Nc3cccc4ccccc34)c2-c2ccccc2)cc1. The summed E-state index contributed by atoms with van der Waals surface area (Å²) in [6.45, 7) is 0. The van der Waals surface area contributed by atoms with Gasteiger partial charge in [-0.1, -0.05) is 121 Å². The van der Waals surface area contributed by atoms with Gasteiger partial charge in [0.05, 0.1) is 5.69 Å². The maximum atomic E-state index is 3.87. The van der Waals surface area contributed by atoms with Crippen LogP contribution in [0.3, 0.4) is 0 Å². The smallest absolute Gasteiger partial charge is 0.0550 e. The molecule has 0 unspecified atom stereocenters. The van der Waals surface area contributed by atoms with Gasteiger partial charge in [-0.15, -0.1) is 0 Å². The van der Waals surface area contributed by atoms with E-state index in [1.165, 1.54) is 43.8 Å². The van der Waals surface area contributed by atoms with Gasteiger partial charge < -0.3 is 5.32 Å². The number of nitrogens with one attached hydrogen (secondary N) is 1. The summed E-state index contributed by atoms with van der Waals surface area (Å²) in [4.78, 5) is 0. The van der Waals surface area contributed by atoms with Gasteiger partial charge in [0.2, 0.25) is 0 Å². The zero-order chi connectivity index (χ0) is 22.0. The molecule has 6 rings (SSSR count). The first kappa shape index (κ1) is 22.4.